The first kappa shape index (κ1) is 24.9. The van der Waals surface area contributed by atoms with Crippen LogP contribution in [0.1, 0.15) is 19.8 Å². The van der Waals surface area contributed by atoms with Crippen molar-refractivity contribution < 1.29 is 23.9 Å². The molecule has 1 aliphatic heterocycles. The molecule has 1 aliphatic rings. The van der Waals surface area contributed by atoms with E-state index in [9.17, 15) is 14.4 Å². The first-order valence-electron chi connectivity index (χ1n) is 12.4. The number of anilines is 1. The lowest BCUT2D eigenvalue weighted by Crippen LogP contribution is -2.31. The number of carbonyl (C=O) groups is 3. The Morgan fingerprint density at radius 2 is 1.71 bits per heavy atom. The van der Waals surface area contributed by atoms with Gasteiger partial charge in [-0.3, -0.25) is 14.6 Å². The van der Waals surface area contributed by atoms with Crippen LogP contribution in [0.5, 0.6) is 5.75 Å². The summed E-state index contributed by atoms with van der Waals surface area (Å²) in [6, 6.07) is 18.7. The second-order valence-electron chi connectivity index (χ2n) is 8.67. The van der Waals surface area contributed by atoms with Gasteiger partial charge in [0.25, 0.3) is 5.91 Å². The Kier molecular flexibility index (Phi) is 7.26. The standard InChI is InChI=1S/C29H26N4O5/c1-2-37-28(35)4-3-15-38-22-11-9-20(10-12-22)19-5-7-21(8-6-19)25-16-26(33-27(34)18-31-29(33)36)23-17-30-14-13-24(23)32-25/h5-14,16-17H,2-4,15,18H2,1H3,(H,31,36). The maximum Gasteiger partial charge on any atom is 0.329 e. The highest BCUT2D eigenvalue weighted by molar-refractivity contribution is 6.23. The van der Waals surface area contributed by atoms with Crippen LogP contribution in [0.3, 0.4) is 0 Å². The summed E-state index contributed by atoms with van der Waals surface area (Å²) in [7, 11) is 0. The van der Waals surface area contributed by atoms with E-state index in [0.29, 0.717) is 48.3 Å². The zero-order valence-corrected chi connectivity index (χ0v) is 20.8. The number of fused-ring (bicyclic) bond motifs is 1. The fraction of sp³-hybridized carbons (Fsp3) is 0.207. The number of benzene rings is 2. The van der Waals surface area contributed by atoms with Gasteiger partial charge in [0.2, 0.25) is 0 Å². The zero-order valence-electron chi connectivity index (χ0n) is 20.8. The molecule has 5 rings (SSSR count). The van der Waals surface area contributed by atoms with E-state index < -0.39 is 6.03 Å². The summed E-state index contributed by atoms with van der Waals surface area (Å²) >= 11 is 0. The number of esters is 1. The summed E-state index contributed by atoms with van der Waals surface area (Å²) < 4.78 is 10.6. The lowest BCUT2D eigenvalue weighted by Gasteiger charge is -2.16. The number of nitrogens with one attached hydrogen (secondary N) is 1. The van der Waals surface area contributed by atoms with Crippen molar-refractivity contribution in [3.05, 3.63) is 73.1 Å². The topological polar surface area (TPSA) is 111 Å². The molecule has 0 bridgehead atoms. The summed E-state index contributed by atoms with van der Waals surface area (Å²) in [5.41, 5.74) is 4.63. The maximum atomic E-state index is 12.4. The summed E-state index contributed by atoms with van der Waals surface area (Å²) in [4.78, 5) is 46.2. The zero-order chi connectivity index (χ0) is 26.5. The number of urea groups is 1. The highest BCUT2D eigenvalue weighted by Gasteiger charge is 2.31. The monoisotopic (exact) mass is 510 g/mol. The smallest absolute Gasteiger partial charge is 0.329 e. The van der Waals surface area contributed by atoms with E-state index in [1.807, 2.05) is 48.5 Å². The van der Waals surface area contributed by atoms with E-state index >= 15 is 0 Å². The third kappa shape index (κ3) is 5.31. The van der Waals surface area contributed by atoms with Crippen molar-refractivity contribution >= 4 is 34.5 Å². The predicted octanol–water partition coefficient (Wildman–Crippen LogP) is 4.74. The third-order valence-electron chi connectivity index (χ3n) is 6.14. The van der Waals surface area contributed by atoms with E-state index in [2.05, 4.69) is 10.3 Å². The summed E-state index contributed by atoms with van der Waals surface area (Å²) in [6.45, 7) is 2.58. The van der Waals surface area contributed by atoms with Crippen molar-refractivity contribution in [2.45, 2.75) is 19.8 Å². The Morgan fingerprint density at radius 3 is 2.39 bits per heavy atom. The maximum absolute atomic E-state index is 12.4. The van der Waals surface area contributed by atoms with Gasteiger partial charge in [0, 0.05) is 29.8 Å². The molecular weight excluding hydrogens is 484 g/mol. The van der Waals surface area contributed by atoms with Crippen molar-refractivity contribution in [3.8, 4) is 28.1 Å². The molecular formula is C29H26N4O5. The molecule has 1 fully saturated rings. The molecule has 1 N–H and O–H groups in total. The number of aromatic nitrogens is 2. The van der Waals surface area contributed by atoms with Gasteiger partial charge in [-0.1, -0.05) is 36.4 Å². The molecule has 0 saturated carbocycles. The molecule has 9 nitrogen and oxygen atoms in total. The molecule has 38 heavy (non-hydrogen) atoms. The molecule has 0 radical (unpaired) electrons. The van der Waals surface area contributed by atoms with Crippen LogP contribution in [0.4, 0.5) is 10.5 Å². The van der Waals surface area contributed by atoms with Gasteiger partial charge in [-0.15, -0.1) is 0 Å². The fourth-order valence-corrected chi connectivity index (χ4v) is 4.27. The van der Waals surface area contributed by atoms with Gasteiger partial charge in [0.1, 0.15) is 5.75 Å². The second kappa shape index (κ2) is 11.1. The fourth-order valence-electron chi connectivity index (χ4n) is 4.27. The number of pyridine rings is 2. The van der Waals surface area contributed by atoms with Gasteiger partial charge in [-0.2, -0.15) is 0 Å². The van der Waals surface area contributed by atoms with Crippen molar-refractivity contribution in [2.75, 3.05) is 24.7 Å². The Labute approximate surface area is 219 Å². The van der Waals surface area contributed by atoms with Crippen molar-refractivity contribution in [3.63, 3.8) is 0 Å². The number of hydrogen-bond donors (Lipinski definition) is 1. The average molecular weight is 511 g/mol. The number of ether oxygens (including phenoxy) is 2. The molecule has 9 heteroatoms. The van der Waals surface area contributed by atoms with Crippen LogP contribution in [0.25, 0.3) is 33.3 Å². The molecule has 3 heterocycles. The summed E-state index contributed by atoms with van der Waals surface area (Å²) in [5.74, 6) is 0.202. The molecule has 0 unspecified atom stereocenters. The van der Waals surface area contributed by atoms with Crippen LogP contribution in [0.15, 0.2) is 73.1 Å². The van der Waals surface area contributed by atoms with Gasteiger partial charge in [0.05, 0.1) is 36.7 Å². The van der Waals surface area contributed by atoms with Crippen molar-refractivity contribution in [2.24, 2.45) is 0 Å². The number of carbonyl (C=O) groups excluding carboxylic acids is 3. The largest absolute Gasteiger partial charge is 0.494 e. The number of amides is 3. The Balaban J connectivity index is 1.32. The van der Waals surface area contributed by atoms with Crippen molar-refractivity contribution in [1.29, 1.82) is 0 Å². The van der Waals surface area contributed by atoms with E-state index in [4.69, 9.17) is 14.5 Å². The number of nitrogens with zero attached hydrogens (tertiary/aromatic N) is 3. The quantitative estimate of drug-likeness (QED) is 0.197. The van der Waals surface area contributed by atoms with Crippen LogP contribution in [-0.2, 0) is 14.3 Å². The minimum absolute atomic E-state index is 0.0373. The van der Waals surface area contributed by atoms with Crippen LogP contribution < -0.4 is 15.0 Å². The molecule has 4 aromatic rings. The first-order valence-corrected chi connectivity index (χ1v) is 12.4. The molecule has 1 saturated heterocycles. The second-order valence-corrected chi connectivity index (χ2v) is 8.67. The summed E-state index contributed by atoms with van der Waals surface area (Å²) in [6.07, 6.45) is 4.17. The minimum Gasteiger partial charge on any atom is -0.494 e. The Morgan fingerprint density at radius 1 is 1.00 bits per heavy atom. The summed E-state index contributed by atoms with van der Waals surface area (Å²) in [5, 5.41) is 3.19. The molecule has 0 spiro atoms. The van der Waals surface area contributed by atoms with Crippen LogP contribution >= 0.6 is 0 Å². The highest BCUT2D eigenvalue weighted by Crippen LogP contribution is 2.33. The van der Waals surface area contributed by atoms with Crippen LogP contribution in [-0.4, -0.2) is 47.6 Å². The van der Waals surface area contributed by atoms with Gasteiger partial charge >= 0.3 is 12.0 Å². The Bertz CT molecular complexity index is 1470. The number of imide groups is 1. The van der Waals surface area contributed by atoms with E-state index in [0.717, 1.165) is 27.3 Å². The van der Waals surface area contributed by atoms with Gasteiger partial charge < -0.3 is 14.8 Å². The lowest BCUT2D eigenvalue weighted by molar-refractivity contribution is -0.143. The SMILES string of the molecule is CCOC(=O)CCCOc1ccc(-c2ccc(-c3cc(N4C(=O)CNC4=O)c4cnccc4n3)cc2)cc1. The average Bonchev–Trinajstić information content (AvgIpc) is 3.28. The predicted molar refractivity (Wildman–Crippen MR) is 143 cm³/mol. The molecule has 3 amide bonds. The Hall–Kier alpha value is -4.79. The minimum atomic E-state index is -0.459. The molecule has 0 aliphatic carbocycles. The molecule has 2 aromatic heterocycles. The van der Waals surface area contributed by atoms with Gasteiger partial charge in [0.15, 0.2) is 0 Å². The lowest BCUT2D eigenvalue weighted by atomic mass is 10.0. The normalized spacial score (nSPS) is 13.0. The van der Waals surface area contributed by atoms with Crippen LogP contribution in [0.2, 0.25) is 0 Å². The van der Waals surface area contributed by atoms with Crippen LogP contribution in [0, 0.1) is 0 Å². The molecule has 2 aromatic carbocycles. The third-order valence-corrected chi connectivity index (χ3v) is 6.14. The number of hydrogen-bond acceptors (Lipinski definition) is 7. The number of rotatable bonds is 9. The molecule has 0 atom stereocenters. The van der Waals surface area contributed by atoms with E-state index in [1.165, 1.54) is 0 Å². The van der Waals surface area contributed by atoms with E-state index in [1.54, 1.807) is 31.5 Å². The highest BCUT2D eigenvalue weighted by atomic mass is 16.5. The first-order chi connectivity index (χ1) is 18.5. The van der Waals surface area contributed by atoms with Gasteiger partial charge in [-0.05, 0) is 48.7 Å². The van der Waals surface area contributed by atoms with E-state index in [-0.39, 0.29) is 18.4 Å². The molecule has 192 valence electrons. The van der Waals surface area contributed by atoms with Crippen molar-refractivity contribution in [1.82, 2.24) is 15.3 Å². The van der Waals surface area contributed by atoms with Gasteiger partial charge in [-0.25, -0.2) is 14.7 Å².